The van der Waals surface area contributed by atoms with E-state index in [1.54, 1.807) is 38.1 Å². The molecule has 5 aliphatic heterocycles. The van der Waals surface area contributed by atoms with Crippen LogP contribution in [0.2, 0.25) is 0 Å². The number of benzene rings is 4. The second-order valence-corrected chi connectivity index (χ2v) is 21.1. The van der Waals surface area contributed by atoms with E-state index in [9.17, 15) is 60.0 Å². The van der Waals surface area contributed by atoms with Crippen molar-refractivity contribution in [1.29, 1.82) is 0 Å². The highest BCUT2D eigenvalue weighted by atomic mass is 16.8. The van der Waals surface area contributed by atoms with Gasteiger partial charge in [0.25, 0.3) is 0 Å². The highest BCUT2D eigenvalue weighted by molar-refractivity contribution is 6.31. The molecule has 10 N–H and O–H groups in total. The molecule has 4 aromatic carbocycles. The van der Waals surface area contributed by atoms with Crippen molar-refractivity contribution in [3.05, 3.63) is 92.5 Å². The largest absolute Gasteiger partial charge is 0.507 e. The maximum Gasteiger partial charge on any atom is 0.310 e. The molecule has 25 nitrogen and oxygen atoms in total. The number of methoxy groups -OCH3 is 3. The second-order valence-electron chi connectivity index (χ2n) is 21.1. The Morgan fingerprint density at radius 3 is 2.11 bits per heavy atom. The SMILES string of the molecule is COc1cc([C@@H]2c3cc4c(cc3C(O[C@@H]3O[C@@H]5CO[C@@H](C)O[C@H]5[C@H](O)[C@H]3O)C3COC(=O)[C@@H]32)OCO4)cc(OC)c1O.COc1cccc2c1C(=O)c1c(O)c3c(c(O)c1C2=O)C[C@@](O)(C(=O)CO)C[C@@H]3O[C@H]1C[C@H](N)[C@@H](O)[C@H](C)O1. The number of ketones is 3. The number of rotatable bonds is 10. The van der Waals surface area contributed by atoms with Gasteiger partial charge >= 0.3 is 5.97 Å². The lowest BCUT2D eigenvalue weighted by Crippen LogP contribution is -2.63. The third-order valence-corrected chi connectivity index (χ3v) is 16.6. The average Bonchev–Trinajstić information content (AvgIpc) is 4.24. The predicted molar refractivity (Wildman–Crippen MR) is 270 cm³/mol. The highest BCUT2D eigenvalue weighted by Crippen LogP contribution is 2.58. The van der Waals surface area contributed by atoms with Gasteiger partial charge in [-0.2, -0.15) is 0 Å². The fraction of sp³-hybridized carbons (Fsp3) is 0.500. The van der Waals surface area contributed by atoms with E-state index in [4.69, 9.17) is 62.6 Å². The summed E-state index contributed by atoms with van der Waals surface area (Å²) in [4.78, 5) is 53.1. The lowest BCUT2D eigenvalue weighted by atomic mass is 9.66. The first-order valence-electron chi connectivity index (χ1n) is 26.2. The van der Waals surface area contributed by atoms with E-state index in [0.717, 1.165) is 0 Å². The van der Waals surface area contributed by atoms with Gasteiger partial charge in [0.1, 0.15) is 53.9 Å². The number of esters is 1. The van der Waals surface area contributed by atoms with Crippen LogP contribution in [0.1, 0.15) is 104 Å². The number of hydrogen-bond acceptors (Lipinski definition) is 25. The Balaban J connectivity index is 0.000000171. The Morgan fingerprint density at radius 2 is 1.44 bits per heavy atom. The van der Waals surface area contributed by atoms with Crippen LogP contribution in [0.5, 0.6) is 46.0 Å². The number of phenols is 3. The van der Waals surface area contributed by atoms with Gasteiger partial charge in [0.05, 0.1) is 81.6 Å². The van der Waals surface area contributed by atoms with Gasteiger partial charge in [-0.05, 0) is 60.9 Å². The maximum absolute atomic E-state index is 13.6. The molecule has 5 heterocycles. The van der Waals surface area contributed by atoms with Crippen LogP contribution in [0.15, 0.2) is 42.5 Å². The van der Waals surface area contributed by atoms with Crippen molar-refractivity contribution in [1.82, 2.24) is 0 Å². The van der Waals surface area contributed by atoms with E-state index in [1.807, 2.05) is 0 Å². The number of hydrogen-bond donors (Lipinski definition) is 9. The second kappa shape index (κ2) is 21.6. The topological polar surface area (TPSA) is 367 Å². The van der Waals surface area contributed by atoms with Crippen molar-refractivity contribution in [2.75, 3.05) is 47.9 Å². The highest BCUT2D eigenvalue weighted by Gasteiger charge is 2.57. The molecule has 0 radical (unpaired) electrons. The molecule has 434 valence electrons. The van der Waals surface area contributed by atoms with Gasteiger partial charge in [0.15, 0.2) is 53.4 Å². The minimum atomic E-state index is -2.24. The Kier molecular flexibility index (Phi) is 14.9. The zero-order valence-corrected chi connectivity index (χ0v) is 44.3. The van der Waals surface area contributed by atoms with Gasteiger partial charge in [-0.25, -0.2) is 0 Å². The minimum Gasteiger partial charge on any atom is -0.507 e. The Labute approximate surface area is 461 Å². The van der Waals surface area contributed by atoms with E-state index in [2.05, 4.69) is 0 Å². The van der Waals surface area contributed by atoms with E-state index in [-0.39, 0.29) is 71.7 Å². The Bertz CT molecular complexity index is 3150. The van der Waals surface area contributed by atoms with Gasteiger partial charge in [0, 0.05) is 53.8 Å². The molecule has 0 amide bonds. The van der Waals surface area contributed by atoms with Crippen LogP contribution in [0.25, 0.3) is 0 Å². The molecule has 4 aromatic rings. The van der Waals surface area contributed by atoms with Crippen molar-refractivity contribution < 1.29 is 117 Å². The minimum absolute atomic E-state index is 0.0173. The average molecular weight is 1130 g/mol. The fourth-order valence-electron chi connectivity index (χ4n) is 12.5. The third-order valence-electron chi connectivity index (χ3n) is 16.6. The summed E-state index contributed by atoms with van der Waals surface area (Å²) < 4.78 is 68.5. The summed E-state index contributed by atoms with van der Waals surface area (Å²) in [7, 11) is 4.18. The van der Waals surface area contributed by atoms with Crippen molar-refractivity contribution >= 4 is 23.3 Å². The van der Waals surface area contributed by atoms with Gasteiger partial charge in [-0.1, -0.05) is 12.1 Å². The number of Topliss-reactive ketones (excluding diaryl/α,β-unsaturated/α-hetero) is 1. The zero-order chi connectivity index (χ0) is 57.7. The summed E-state index contributed by atoms with van der Waals surface area (Å²) in [5, 5.41) is 86.2. The normalized spacial score (nSPS) is 33.3. The number of carbonyl (C=O) groups excluding carboxylic acids is 4. The first kappa shape index (κ1) is 56.2. The van der Waals surface area contributed by atoms with Crippen molar-refractivity contribution in [2.24, 2.45) is 17.6 Å². The Hall–Kier alpha value is -6.72. The van der Waals surface area contributed by atoms with Crippen LogP contribution in [-0.4, -0.2) is 179 Å². The smallest absolute Gasteiger partial charge is 0.310 e. The summed E-state index contributed by atoms with van der Waals surface area (Å²) in [6, 6.07) is 10.6. The number of ether oxygens (including phenoxy) is 12. The quantitative estimate of drug-likeness (QED) is 0.0704. The first-order chi connectivity index (χ1) is 38.7. The number of carbonyl (C=O) groups is 4. The molecule has 81 heavy (non-hydrogen) atoms. The molecule has 3 aliphatic carbocycles. The van der Waals surface area contributed by atoms with Crippen LogP contribution in [0, 0.1) is 11.8 Å². The van der Waals surface area contributed by atoms with Gasteiger partial charge in [0.2, 0.25) is 18.3 Å². The van der Waals surface area contributed by atoms with Crippen molar-refractivity contribution in [3.8, 4) is 46.0 Å². The fourth-order valence-corrected chi connectivity index (χ4v) is 12.5. The summed E-state index contributed by atoms with van der Waals surface area (Å²) in [6.07, 6.45) is -11.9. The van der Waals surface area contributed by atoms with Crippen LogP contribution in [-0.2, 0) is 49.2 Å². The maximum atomic E-state index is 13.6. The molecular weight excluding hydrogens is 1070 g/mol. The standard InChI is InChI=1S/C29H32O13.C27H29NO11/c1-11-36-9-20-27(40-11)24(31)25(32)29(41-20)42-26-14-7-17-16(38-10-39-17)6-13(14)21(22-15(26)8-37-28(22)33)12-4-18(34-2)23(30)19(5-12)35-3;1-10-22(31)13(28)6-17(38-10)39-15-8-27(36,16(30)9-29)7-12-19(15)26(35)21-20(24(12)33)23(32)11-4-3-5-14(37-2)18(11)25(21)34/h4-7,11,15,20-22,24-27,29-32H,8-10H2,1-3H3;3-5,10,13,15,17,22,29,31,33,35-36H,6-9,28H2,1-2H3/t11-,15?,20-,21-,22+,24-,25-,26?,27-,29+;10-,13-,15-,17-,22-,27-/m10/s1. The van der Waals surface area contributed by atoms with E-state index in [1.165, 1.54) is 39.5 Å². The van der Waals surface area contributed by atoms with Crippen LogP contribution < -0.4 is 29.4 Å². The Morgan fingerprint density at radius 1 is 0.765 bits per heavy atom. The molecule has 4 fully saturated rings. The molecular formula is C56H61NO24. The number of aliphatic hydroxyl groups excluding tert-OH is 4. The number of nitrogens with two attached hydrogens (primary N) is 1. The van der Waals surface area contributed by atoms with Crippen LogP contribution in [0.3, 0.4) is 0 Å². The molecule has 0 spiro atoms. The monoisotopic (exact) mass is 1130 g/mol. The third kappa shape index (κ3) is 9.38. The number of aliphatic hydroxyl groups is 5. The zero-order valence-electron chi connectivity index (χ0n) is 44.3. The van der Waals surface area contributed by atoms with E-state index >= 15 is 0 Å². The number of aromatic hydroxyl groups is 3. The summed E-state index contributed by atoms with van der Waals surface area (Å²) in [5.74, 6) is -4.80. The van der Waals surface area contributed by atoms with Crippen molar-refractivity contribution in [2.45, 2.75) is 118 Å². The molecule has 12 rings (SSSR count). The molecule has 25 heteroatoms. The molecule has 16 atom stereocenters. The van der Waals surface area contributed by atoms with Gasteiger partial charge < -0.3 is 103 Å². The molecule has 0 aromatic heterocycles. The van der Waals surface area contributed by atoms with Gasteiger partial charge in [-0.3, -0.25) is 19.2 Å². The van der Waals surface area contributed by atoms with E-state index < -0.39 is 162 Å². The molecule has 4 saturated heterocycles. The first-order valence-corrected chi connectivity index (χ1v) is 26.2. The summed E-state index contributed by atoms with van der Waals surface area (Å²) in [6.45, 7) is 2.49. The number of fused-ring (bicyclic) bond motifs is 7. The molecule has 8 aliphatic rings. The molecule has 2 unspecified atom stereocenters. The lowest BCUT2D eigenvalue weighted by Gasteiger charge is -2.47. The molecule has 0 bridgehead atoms. The lowest BCUT2D eigenvalue weighted by molar-refractivity contribution is -0.364. The predicted octanol–water partition coefficient (Wildman–Crippen LogP) is 1.34. The van der Waals surface area contributed by atoms with E-state index in [0.29, 0.717) is 28.2 Å². The number of phenolic OH excluding ortho intramolecular Hbond substituents is 3. The van der Waals surface area contributed by atoms with Crippen LogP contribution >= 0.6 is 0 Å². The summed E-state index contributed by atoms with van der Waals surface area (Å²) in [5.41, 5.74) is 4.39. The number of cyclic esters (lactones) is 1. The van der Waals surface area contributed by atoms with Crippen molar-refractivity contribution in [3.63, 3.8) is 0 Å². The summed E-state index contributed by atoms with van der Waals surface area (Å²) >= 11 is 0. The molecule has 0 saturated carbocycles. The van der Waals surface area contributed by atoms with Gasteiger partial charge in [-0.15, -0.1) is 0 Å². The van der Waals surface area contributed by atoms with Crippen LogP contribution in [0.4, 0.5) is 0 Å².